The molecule has 2 amide bonds. The summed E-state index contributed by atoms with van der Waals surface area (Å²) in [4.78, 5) is 30.1. The van der Waals surface area contributed by atoms with Gasteiger partial charge in [-0.1, -0.05) is 59.1 Å². The van der Waals surface area contributed by atoms with E-state index in [-0.39, 0.29) is 24.9 Å². The number of urea groups is 1. The average Bonchev–Trinajstić information content (AvgIpc) is 2.85. The van der Waals surface area contributed by atoms with Gasteiger partial charge in [-0.05, 0) is 35.9 Å². The molecule has 180 valence electrons. The molecule has 2 aliphatic heterocycles. The standard InChI is InChI=1S/C26H22Cl3N3O3/c27-20-5-2-1-4-17(20)18-12-16(24(33)15-31-8-10-35-11-9-31)13-23-19(18)14-30-26(34)32(23)25-21(28)6-3-7-22(25)29/h1-7,12-13H,8-11,14-15H2,(H,30,34). The number of carbonyl (C=O) groups is 2. The van der Waals surface area contributed by atoms with Crippen LogP contribution in [0.1, 0.15) is 15.9 Å². The lowest BCUT2D eigenvalue weighted by Crippen LogP contribution is -2.42. The van der Waals surface area contributed by atoms with E-state index in [0.717, 1.165) is 16.7 Å². The molecule has 9 heteroatoms. The summed E-state index contributed by atoms with van der Waals surface area (Å²) in [7, 11) is 0. The highest BCUT2D eigenvalue weighted by Crippen LogP contribution is 2.44. The number of hydrogen-bond donors (Lipinski definition) is 1. The molecule has 1 saturated heterocycles. The lowest BCUT2D eigenvalue weighted by molar-refractivity contribution is 0.0371. The maximum Gasteiger partial charge on any atom is 0.326 e. The van der Waals surface area contributed by atoms with E-state index in [4.69, 9.17) is 39.5 Å². The molecule has 0 spiro atoms. The molecule has 2 aliphatic rings. The predicted molar refractivity (Wildman–Crippen MR) is 139 cm³/mol. The van der Waals surface area contributed by atoms with Gasteiger partial charge < -0.3 is 10.1 Å². The Balaban J connectivity index is 1.68. The maximum atomic E-state index is 13.4. The Morgan fingerprint density at radius 2 is 1.60 bits per heavy atom. The molecule has 3 aromatic rings. The minimum Gasteiger partial charge on any atom is -0.379 e. The fraction of sp³-hybridized carbons (Fsp3) is 0.231. The van der Waals surface area contributed by atoms with Crippen LogP contribution in [0.15, 0.2) is 54.6 Å². The third-order valence-electron chi connectivity index (χ3n) is 6.20. The summed E-state index contributed by atoms with van der Waals surface area (Å²) < 4.78 is 5.41. The summed E-state index contributed by atoms with van der Waals surface area (Å²) in [6.45, 7) is 3.10. The van der Waals surface area contributed by atoms with Gasteiger partial charge in [-0.3, -0.25) is 14.6 Å². The van der Waals surface area contributed by atoms with Gasteiger partial charge in [-0.2, -0.15) is 0 Å². The van der Waals surface area contributed by atoms with E-state index in [0.29, 0.717) is 58.3 Å². The molecule has 0 saturated carbocycles. The Kier molecular flexibility index (Phi) is 7.00. The normalized spacial score (nSPS) is 16.1. The van der Waals surface area contributed by atoms with Gasteiger partial charge in [-0.25, -0.2) is 4.79 Å². The Labute approximate surface area is 218 Å². The van der Waals surface area contributed by atoms with Crippen molar-refractivity contribution in [3.8, 4) is 11.1 Å². The fourth-order valence-corrected chi connectivity index (χ4v) is 5.26. The van der Waals surface area contributed by atoms with Crippen molar-refractivity contribution < 1.29 is 14.3 Å². The van der Waals surface area contributed by atoms with Crippen LogP contribution in [-0.4, -0.2) is 49.6 Å². The van der Waals surface area contributed by atoms with Gasteiger partial charge in [0.2, 0.25) is 0 Å². The van der Waals surface area contributed by atoms with Crippen LogP contribution in [0.3, 0.4) is 0 Å². The van der Waals surface area contributed by atoms with E-state index in [1.54, 1.807) is 30.3 Å². The second-order valence-corrected chi connectivity index (χ2v) is 9.60. The highest BCUT2D eigenvalue weighted by atomic mass is 35.5. The van der Waals surface area contributed by atoms with Crippen LogP contribution >= 0.6 is 34.8 Å². The molecule has 0 radical (unpaired) electrons. The van der Waals surface area contributed by atoms with Crippen molar-refractivity contribution in [2.45, 2.75) is 6.54 Å². The van der Waals surface area contributed by atoms with Crippen molar-refractivity contribution in [2.24, 2.45) is 0 Å². The van der Waals surface area contributed by atoms with Crippen molar-refractivity contribution >= 4 is 58.0 Å². The van der Waals surface area contributed by atoms with E-state index in [2.05, 4.69) is 10.2 Å². The van der Waals surface area contributed by atoms with Crippen molar-refractivity contribution in [1.82, 2.24) is 10.2 Å². The molecule has 1 fully saturated rings. The topological polar surface area (TPSA) is 61.9 Å². The summed E-state index contributed by atoms with van der Waals surface area (Å²) in [6.07, 6.45) is 0. The SMILES string of the molecule is O=C(CN1CCOCC1)c1cc(-c2ccccc2Cl)c2c(c1)N(c1c(Cl)cccc1Cl)C(=O)NC2. The molecule has 2 heterocycles. The second kappa shape index (κ2) is 10.2. The fourth-order valence-electron chi connectivity index (χ4n) is 4.45. The van der Waals surface area contributed by atoms with Crippen LogP contribution in [0.2, 0.25) is 15.1 Å². The van der Waals surface area contributed by atoms with Crippen LogP contribution in [0.25, 0.3) is 11.1 Å². The van der Waals surface area contributed by atoms with Gasteiger partial charge in [0.1, 0.15) is 0 Å². The largest absolute Gasteiger partial charge is 0.379 e. The Morgan fingerprint density at radius 3 is 2.31 bits per heavy atom. The molecular weight excluding hydrogens is 509 g/mol. The Hall–Kier alpha value is -2.61. The predicted octanol–water partition coefficient (Wildman–Crippen LogP) is 6.19. The van der Waals surface area contributed by atoms with Crippen molar-refractivity contribution in [1.29, 1.82) is 0 Å². The third kappa shape index (κ3) is 4.77. The summed E-state index contributed by atoms with van der Waals surface area (Å²) in [5, 5.41) is 4.10. The minimum atomic E-state index is -0.379. The van der Waals surface area contributed by atoms with Crippen molar-refractivity contribution in [2.75, 3.05) is 37.7 Å². The monoisotopic (exact) mass is 529 g/mol. The van der Waals surface area contributed by atoms with Gasteiger partial charge in [0, 0.05) is 41.3 Å². The molecule has 0 aliphatic carbocycles. The first-order chi connectivity index (χ1) is 16.9. The first-order valence-corrected chi connectivity index (χ1v) is 12.3. The maximum absolute atomic E-state index is 13.4. The highest BCUT2D eigenvalue weighted by molar-refractivity contribution is 6.40. The number of nitrogens with zero attached hydrogens (tertiary/aromatic N) is 2. The number of para-hydroxylation sites is 1. The van der Waals surface area contributed by atoms with E-state index in [1.165, 1.54) is 4.90 Å². The molecule has 0 atom stereocenters. The molecule has 0 aromatic heterocycles. The second-order valence-electron chi connectivity index (χ2n) is 8.38. The number of carbonyl (C=O) groups excluding carboxylic acids is 2. The number of nitrogens with one attached hydrogen (secondary N) is 1. The number of ether oxygens (including phenoxy) is 1. The van der Waals surface area contributed by atoms with Crippen LogP contribution in [0, 0.1) is 0 Å². The van der Waals surface area contributed by atoms with Gasteiger partial charge in [0.05, 0.1) is 41.2 Å². The van der Waals surface area contributed by atoms with Gasteiger partial charge >= 0.3 is 6.03 Å². The molecule has 3 aromatic carbocycles. The minimum absolute atomic E-state index is 0.0563. The van der Waals surface area contributed by atoms with Crippen LogP contribution in [0.5, 0.6) is 0 Å². The average molecular weight is 531 g/mol. The number of fused-ring (bicyclic) bond motifs is 1. The molecule has 35 heavy (non-hydrogen) atoms. The van der Waals surface area contributed by atoms with Crippen LogP contribution < -0.4 is 10.2 Å². The lowest BCUT2D eigenvalue weighted by Gasteiger charge is -2.33. The number of ketones is 1. The van der Waals surface area contributed by atoms with Crippen molar-refractivity contribution in [3.63, 3.8) is 0 Å². The van der Waals surface area contributed by atoms with Gasteiger partial charge in [0.15, 0.2) is 5.78 Å². The quantitative estimate of drug-likeness (QED) is 0.400. The van der Waals surface area contributed by atoms with Gasteiger partial charge in [-0.15, -0.1) is 0 Å². The van der Waals surface area contributed by atoms with E-state index in [9.17, 15) is 9.59 Å². The van der Waals surface area contributed by atoms with E-state index < -0.39 is 0 Å². The first-order valence-electron chi connectivity index (χ1n) is 11.2. The Bertz CT molecular complexity index is 1290. The molecule has 0 unspecified atom stereocenters. The van der Waals surface area contributed by atoms with Crippen LogP contribution in [-0.2, 0) is 11.3 Å². The number of benzene rings is 3. The summed E-state index contributed by atoms with van der Waals surface area (Å²) >= 11 is 19.6. The molecule has 5 rings (SSSR count). The number of anilines is 2. The van der Waals surface area contributed by atoms with Crippen LogP contribution in [0.4, 0.5) is 16.2 Å². The number of Topliss-reactive ketones (excluding diaryl/α,β-unsaturated/α-hetero) is 1. The van der Waals surface area contributed by atoms with E-state index in [1.807, 2.05) is 24.3 Å². The zero-order valence-corrected chi connectivity index (χ0v) is 21.0. The zero-order valence-electron chi connectivity index (χ0n) is 18.7. The molecule has 6 nitrogen and oxygen atoms in total. The molecule has 0 bridgehead atoms. The third-order valence-corrected chi connectivity index (χ3v) is 7.14. The lowest BCUT2D eigenvalue weighted by atomic mass is 9.92. The summed E-state index contributed by atoms with van der Waals surface area (Å²) in [5.74, 6) is -0.0563. The number of amides is 2. The first kappa shape index (κ1) is 24.1. The smallest absolute Gasteiger partial charge is 0.326 e. The zero-order chi connectivity index (χ0) is 24.5. The highest BCUT2D eigenvalue weighted by Gasteiger charge is 2.32. The summed E-state index contributed by atoms with van der Waals surface area (Å²) in [6, 6.07) is 15.7. The molecule has 1 N–H and O–H groups in total. The van der Waals surface area contributed by atoms with E-state index >= 15 is 0 Å². The van der Waals surface area contributed by atoms with Gasteiger partial charge in [0.25, 0.3) is 0 Å². The number of hydrogen-bond acceptors (Lipinski definition) is 4. The Morgan fingerprint density at radius 1 is 0.914 bits per heavy atom. The number of halogens is 3. The molecular formula is C26H22Cl3N3O3. The summed E-state index contributed by atoms with van der Waals surface area (Å²) in [5.41, 5.74) is 3.74. The number of morpholine rings is 1. The van der Waals surface area contributed by atoms with Crippen molar-refractivity contribution in [3.05, 3.63) is 80.8 Å². The number of rotatable bonds is 5.